The zero-order valence-corrected chi connectivity index (χ0v) is 23.4. The van der Waals surface area contributed by atoms with Crippen LogP contribution in [-0.2, 0) is 18.0 Å². The number of hydrogen-bond donors (Lipinski definition) is 0. The highest BCUT2D eigenvalue weighted by atomic mass is 32.2. The first kappa shape index (κ1) is 24.4. The maximum atomic E-state index is 6.56. The lowest BCUT2D eigenvalue weighted by Gasteiger charge is -2.17. The summed E-state index contributed by atoms with van der Waals surface area (Å²) >= 11 is 3.31. The van der Waals surface area contributed by atoms with Gasteiger partial charge in [0.05, 0.1) is 22.0 Å². The van der Waals surface area contributed by atoms with Gasteiger partial charge in [0.1, 0.15) is 0 Å². The molecule has 41 heavy (non-hydrogen) atoms. The molecule has 4 aromatic rings. The van der Waals surface area contributed by atoms with Crippen molar-refractivity contribution in [2.45, 2.75) is 0 Å². The van der Waals surface area contributed by atoms with E-state index in [1.54, 1.807) is 23.5 Å². The first-order chi connectivity index (χ1) is 20.2. The van der Waals surface area contributed by atoms with E-state index in [0.717, 1.165) is 41.9 Å². The molecular weight excluding hydrogens is 547 g/mol. The molecule has 4 aromatic carbocycles. The van der Waals surface area contributed by atoms with E-state index in [1.165, 1.54) is 0 Å². The van der Waals surface area contributed by atoms with Gasteiger partial charge in [0.2, 0.25) is 11.5 Å². The van der Waals surface area contributed by atoms with Crippen molar-refractivity contribution in [3.63, 3.8) is 0 Å². The number of benzene rings is 4. The number of hydrogen-bond acceptors (Lipinski definition) is 4. The molecule has 4 nitrogen and oxygen atoms in total. The average molecular weight is 569 g/mol. The number of ketones is 2. The molecule has 0 atom stereocenters. The lowest BCUT2D eigenvalue weighted by atomic mass is 10.1. The molecule has 0 N–H and O–H groups in total. The number of allylic oxidation sites excluding steroid dienone is 2. The molecule has 4 aliphatic heterocycles. The van der Waals surface area contributed by atoms with Crippen LogP contribution >= 0.6 is 23.5 Å². The lowest BCUT2D eigenvalue weighted by Crippen LogP contribution is -2.37. The Balaban J connectivity index is 1.27. The van der Waals surface area contributed by atoms with Crippen LogP contribution in [0, 0.1) is 0 Å². The Morgan fingerprint density at radius 3 is 1.15 bits per heavy atom. The highest BCUT2D eigenvalue weighted by Gasteiger charge is 2.82. The molecular formula is C34H22BO4S2+. The number of carbonyl (C=O) groups excluding carboxylic acids is 2. The van der Waals surface area contributed by atoms with Crippen molar-refractivity contribution in [2.75, 3.05) is 0 Å². The van der Waals surface area contributed by atoms with E-state index in [-0.39, 0.29) is 0 Å². The van der Waals surface area contributed by atoms with E-state index in [4.69, 9.17) is 18.0 Å². The largest absolute Gasteiger partial charge is 1.28 e. The van der Waals surface area contributed by atoms with Crippen LogP contribution in [0.4, 0.5) is 0 Å². The zero-order valence-electron chi connectivity index (χ0n) is 21.7. The highest BCUT2D eigenvalue weighted by Crippen LogP contribution is 2.50. The van der Waals surface area contributed by atoms with Gasteiger partial charge < -0.3 is 18.0 Å². The summed E-state index contributed by atoms with van der Waals surface area (Å²) in [5, 5.41) is 0. The Morgan fingerprint density at radius 1 is 0.439 bits per heavy atom. The molecule has 4 heterocycles. The summed E-state index contributed by atoms with van der Waals surface area (Å²) in [7, 11) is 0. The molecule has 0 bridgehead atoms. The highest BCUT2D eigenvalue weighted by molar-refractivity contribution is 8.17. The standard InChI is InChI=1S/C34H22BO4S2/c1-5-13-23(14-6-1)29-21-27-31(33(40-29)25-17-9-3-10-18-25)38-35(36-27)37-28-22-30(24-15-7-2-8-16-24)41-34(32(28)39-35)26-19-11-4-12-20-26/h1-22H/q+1. The fourth-order valence-corrected chi connectivity index (χ4v) is 7.43. The molecule has 0 fully saturated rings. The molecule has 0 unspecified atom stereocenters. The summed E-state index contributed by atoms with van der Waals surface area (Å²) in [4.78, 5) is 4.04. The summed E-state index contributed by atoms with van der Waals surface area (Å²) < 4.78 is 26.1. The van der Waals surface area contributed by atoms with E-state index in [2.05, 4.69) is 48.5 Å². The van der Waals surface area contributed by atoms with Gasteiger partial charge in [-0.05, 0) is 22.3 Å². The topological polar surface area (TPSA) is 41.1 Å². The van der Waals surface area contributed by atoms with Crippen molar-refractivity contribution in [3.05, 3.63) is 167 Å². The molecule has 196 valence electrons. The quantitative estimate of drug-likeness (QED) is 0.185. The third-order valence-corrected chi connectivity index (χ3v) is 9.46. The maximum absolute atomic E-state index is 6.56. The van der Waals surface area contributed by atoms with Crippen molar-refractivity contribution in [1.29, 1.82) is 0 Å². The van der Waals surface area contributed by atoms with Crippen LogP contribution < -0.4 is 0 Å². The first-order valence-corrected chi connectivity index (χ1v) is 15.0. The summed E-state index contributed by atoms with van der Waals surface area (Å²) in [5.74, 6) is 2.45. The van der Waals surface area contributed by atoms with Crippen LogP contribution in [0.3, 0.4) is 0 Å². The van der Waals surface area contributed by atoms with Crippen LogP contribution in [0.25, 0.3) is 19.6 Å². The molecule has 4 aliphatic rings. The van der Waals surface area contributed by atoms with Crippen LogP contribution in [-0.4, -0.2) is 18.5 Å². The van der Waals surface area contributed by atoms with E-state index < -0.39 is 6.96 Å². The molecule has 7 heteroatoms. The van der Waals surface area contributed by atoms with Crippen LogP contribution in [0.5, 0.6) is 0 Å². The van der Waals surface area contributed by atoms with Crippen molar-refractivity contribution in [1.82, 2.24) is 0 Å². The minimum absolute atomic E-state index is 0.600. The van der Waals surface area contributed by atoms with Crippen LogP contribution in [0.1, 0.15) is 22.3 Å². The second-order valence-corrected chi connectivity index (χ2v) is 11.9. The predicted molar refractivity (Wildman–Crippen MR) is 169 cm³/mol. The van der Waals surface area contributed by atoms with Gasteiger partial charge in [0, 0.05) is 9.81 Å². The molecule has 0 aliphatic carbocycles. The third kappa shape index (κ3) is 4.38. The summed E-state index contributed by atoms with van der Waals surface area (Å²) in [5.41, 5.74) is 4.28. The van der Waals surface area contributed by atoms with E-state index in [1.807, 2.05) is 84.9 Å². The maximum Gasteiger partial charge on any atom is 1.28 e. The summed E-state index contributed by atoms with van der Waals surface area (Å²) in [6.07, 6.45) is 4.04. The Morgan fingerprint density at radius 2 is 0.780 bits per heavy atom. The van der Waals surface area contributed by atoms with Crippen molar-refractivity contribution >= 4 is 61.7 Å². The van der Waals surface area contributed by atoms with Gasteiger partial charge in [-0.15, -0.1) is 0 Å². The third-order valence-electron chi connectivity index (χ3n) is 7.06. The minimum Gasteiger partial charge on any atom is -0.479 e. The zero-order chi connectivity index (χ0) is 27.2. The van der Waals surface area contributed by atoms with Crippen molar-refractivity contribution in [2.24, 2.45) is 0 Å². The average Bonchev–Trinajstić information content (AvgIpc) is 3.59. The second kappa shape index (κ2) is 9.87. The van der Waals surface area contributed by atoms with Crippen molar-refractivity contribution in [3.8, 4) is 0 Å². The van der Waals surface area contributed by atoms with E-state index in [0.29, 0.717) is 23.1 Å². The fraction of sp³-hybridized carbons (Fsp3) is 0. The number of thioether (sulfide) groups is 2. The first-order valence-electron chi connectivity index (χ1n) is 13.4. The minimum atomic E-state index is -2.61. The van der Waals surface area contributed by atoms with Gasteiger partial charge in [-0.3, -0.25) is 0 Å². The molecule has 0 radical (unpaired) electrons. The molecule has 8 rings (SSSR count). The van der Waals surface area contributed by atoms with E-state index >= 15 is 0 Å². The van der Waals surface area contributed by atoms with E-state index in [9.17, 15) is 0 Å². The normalized spacial score (nSPS) is 18.5. The Hall–Kier alpha value is -4.46. The molecule has 0 amide bonds. The second-order valence-electron chi connectivity index (χ2n) is 9.78. The van der Waals surface area contributed by atoms with Gasteiger partial charge in [-0.1, -0.05) is 145 Å². The van der Waals surface area contributed by atoms with Gasteiger partial charge in [0.15, 0.2) is 0 Å². The monoisotopic (exact) mass is 569 g/mol. The van der Waals surface area contributed by atoms with Crippen LogP contribution in [0.15, 0.2) is 145 Å². The van der Waals surface area contributed by atoms with Gasteiger partial charge in [0.25, 0.3) is 0 Å². The van der Waals surface area contributed by atoms with Gasteiger partial charge in [-0.2, -0.15) is 0 Å². The molecule has 1 spiro atoms. The Kier molecular flexibility index (Phi) is 5.86. The fourth-order valence-electron chi connectivity index (χ4n) is 5.16. The van der Waals surface area contributed by atoms with Crippen LogP contribution in [0.2, 0.25) is 0 Å². The Labute approximate surface area is 246 Å². The van der Waals surface area contributed by atoms with Gasteiger partial charge in [-0.25, -0.2) is 0 Å². The SMILES string of the molecule is C1=C(c2ccccc2)SC(c2ccccc2)=C2O[B-]3(OC4=C(c5ccccc5)SC(c5ccccc5)=CC4=[O+]3)[O+]=C12. The number of fused-ring (bicyclic) bond motifs is 2. The lowest BCUT2D eigenvalue weighted by molar-refractivity contribution is -0.499. The molecule has 0 saturated carbocycles. The molecule has 0 saturated heterocycles. The smallest absolute Gasteiger partial charge is 0.479 e. The van der Waals surface area contributed by atoms with Gasteiger partial charge >= 0.3 is 18.5 Å². The Bertz CT molecular complexity index is 1720. The van der Waals surface area contributed by atoms with Crippen molar-refractivity contribution < 1.29 is 18.0 Å². The predicted octanol–water partition coefficient (Wildman–Crippen LogP) is 8.01. The summed E-state index contributed by atoms with van der Waals surface area (Å²) in [6.45, 7) is -2.61. The number of rotatable bonds is 4. The summed E-state index contributed by atoms with van der Waals surface area (Å²) in [6, 6.07) is 41.0. The molecule has 0 aromatic heterocycles.